The van der Waals surface area contributed by atoms with Crippen molar-refractivity contribution < 1.29 is 9.53 Å². The number of rotatable bonds is 4. The van der Waals surface area contributed by atoms with Gasteiger partial charge in [0.1, 0.15) is 0 Å². The fraction of sp³-hybridized carbons (Fsp3) is 0.615. The van der Waals surface area contributed by atoms with Gasteiger partial charge in [0.25, 0.3) is 0 Å². The minimum Gasteiger partial charge on any atom is -0.373 e. The molecule has 0 aromatic carbocycles. The first kappa shape index (κ1) is 12.1. The summed E-state index contributed by atoms with van der Waals surface area (Å²) in [6.45, 7) is 2.62. The van der Waals surface area contributed by atoms with Gasteiger partial charge in [-0.25, -0.2) is 0 Å². The largest absolute Gasteiger partial charge is 0.373 e. The summed E-state index contributed by atoms with van der Waals surface area (Å²) in [5.74, 6) is 0.710. The van der Waals surface area contributed by atoms with Crippen molar-refractivity contribution in [3.05, 3.63) is 22.4 Å². The van der Waals surface area contributed by atoms with Crippen LogP contribution in [0, 0.1) is 5.92 Å². The van der Waals surface area contributed by atoms with E-state index in [0.29, 0.717) is 25.0 Å². The Kier molecular flexibility index (Phi) is 3.63. The lowest BCUT2D eigenvalue weighted by Crippen LogP contribution is -2.28. The molecule has 5 heteroatoms. The Labute approximate surface area is 111 Å². The highest BCUT2D eigenvalue weighted by molar-refractivity contribution is 7.09. The van der Waals surface area contributed by atoms with Gasteiger partial charge in [-0.2, -0.15) is 0 Å². The molecule has 2 saturated heterocycles. The van der Waals surface area contributed by atoms with Crippen molar-refractivity contribution in [3.8, 4) is 0 Å². The number of ether oxygens (including phenoxy) is 1. The number of hydrogen-bond donors (Lipinski definition) is 2. The van der Waals surface area contributed by atoms with Gasteiger partial charge in [0, 0.05) is 23.9 Å². The monoisotopic (exact) mass is 266 g/mol. The van der Waals surface area contributed by atoms with Gasteiger partial charge < -0.3 is 15.4 Å². The van der Waals surface area contributed by atoms with Gasteiger partial charge in [-0.1, -0.05) is 6.07 Å². The predicted molar refractivity (Wildman–Crippen MR) is 70.4 cm³/mol. The minimum atomic E-state index is 0.0985. The normalized spacial score (nSPS) is 30.3. The zero-order valence-corrected chi connectivity index (χ0v) is 11.0. The quantitative estimate of drug-likeness (QED) is 0.859. The van der Waals surface area contributed by atoms with Crippen LogP contribution in [0.3, 0.4) is 0 Å². The maximum Gasteiger partial charge on any atom is 0.222 e. The molecule has 98 valence electrons. The van der Waals surface area contributed by atoms with E-state index in [4.69, 9.17) is 4.74 Å². The van der Waals surface area contributed by atoms with Crippen LogP contribution < -0.4 is 10.6 Å². The van der Waals surface area contributed by atoms with E-state index in [2.05, 4.69) is 10.6 Å². The van der Waals surface area contributed by atoms with Crippen molar-refractivity contribution in [3.63, 3.8) is 0 Å². The van der Waals surface area contributed by atoms with Crippen LogP contribution in [0.2, 0.25) is 0 Å². The van der Waals surface area contributed by atoms with Crippen LogP contribution in [0.1, 0.15) is 17.7 Å². The van der Waals surface area contributed by atoms with Gasteiger partial charge in [0.2, 0.25) is 5.91 Å². The van der Waals surface area contributed by atoms with E-state index in [1.165, 1.54) is 4.88 Å². The molecule has 0 bridgehead atoms. The highest BCUT2D eigenvalue weighted by Crippen LogP contribution is 2.30. The van der Waals surface area contributed by atoms with Crippen molar-refractivity contribution in [2.75, 3.05) is 13.1 Å². The van der Waals surface area contributed by atoms with E-state index < -0.39 is 0 Å². The Morgan fingerprint density at radius 1 is 1.56 bits per heavy atom. The summed E-state index contributed by atoms with van der Waals surface area (Å²) >= 11 is 1.67. The molecular weight excluding hydrogens is 248 g/mol. The lowest BCUT2D eigenvalue weighted by molar-refractivity contribution is -0.123. The summed E-state index contributed by atoms with van der Waals surface area (Å²) in [5, 5.41) is 8.29. The third-order valence-corrected chi connectivity index (χ3v) is 4.54. The molecule has 2 N–H and O–H groups in total. The van der Waals surface area contributed by atoms with Gasteiger partial charge in [-0.15, -0.1) is 11.3 Å². The van der Waals surface area contributed by atoms with Crippen LogP contribution in [0.15, 0.2) is 17.5 Å². The fourth-order valence-corrected chi connectivity index (χ4v) is 3.40. The van der Waals surface area contributed by atoms with Gasteiger partial charge in [0.05, 0.1) is 25.2 Å². The molecule has 18 heavy (non-hydrogen) atoms. The topological polar surface area (TPSA) is 50.4 Å². The summed E-state index contributed by atoms with van der Waals surface area (Å²) in [5.41, 5.74) is 0. The molecule has 1 aromatic heterocycles. The zero-order chi connectivity index (χ0) is 12.4. The lowest BCUT2D eigenvalue weighted by Gasteiger charge is -2.12. The van der Waals surface area contributed by atoms with Gasteiger partial charge in [-0.3, -0.25) is 4.79 Å². The second-order valence-electron chi connectivity index (χ2n) is 5.01. The highest BCUT2D eigenvalue weighted by atomic mass is 32.1. The average molecular weight is 266 g/mol. The molecule has 3 heterocycles. The van der Waals surface area contributed by atoms with E-state index >= 15 is 0 Å². The standard InChI is InChI=1S/C13H18N2O2S/c16-13(15-7-11-2-1-3-18-11)5-10-4-9-6-14-8-12(9)17-10/h1-3,9-10,12,14H,4-8H2,(H,15,16)/t9-,10-,12+/m1/s1. The van der Waals surface area contributed by atoms with Crippen molar-refractivity contribution in [2.24, 2.45) is 5.92 Å². The van der Waals surface area contributed by atoms with Crippen LogP contribution in [-0.2, 0) is 16.1 Å². The third kappa shape index (κ3) is 2.74. The summed E-state index contributed by atoms with van der Waals surface area (Å²) in [6.07, 6.45) is 1.97. The second kappa shape index (κ2) is 5.38. The molecule has 0 radical (unpaired) electrons. The third-order valence-electron chi connectivity index (χ3n) is 3.66. The molecule has 0 aliphatic carbocycles. The van der Waals surface area contributed by atoms with Gasteiger partial charge in [-0.05, 0) is 17.9 Å². The van der Waals surface area contributed by atoms with Crippen LogP contribution >= 0.6 is 11.3 Å². The van der Waals surface area contributed by atoms with E-state index in [1.54, 1.807) is 11.3 Å². The maximum atomic E-state index is 11.8. The summed E-state index contributed by atoms with van der Waals surface area (Å²) in [4.78, 5) is 13.0. The lowest BCUT2D eigenvalue weighted by atomic mass is 10.0. The average Bonchev–Trinajstić information content (AvgIpc) is 3.01. The van der Waals surface area contributed by atoms with Crippen molar-refractivity contribution in [2.45, 2.75) is 31.6 Å². The van der Waals surface area contributed by atoms with Gasteiger partial charge >= 0.3 is 0 Å². The van der Waals surface area contributed by atoms with Crippen molar-refractivity contribution in [1.82, 2.24) is 10.6 Å². The van der Waals surface area contributed by atoms with E-state index in [0.717, 1.165) is 19.5 Å². The van der Waals surface area contributed by atoms with Crippen LogP contribution in [0.5, 0.6) is 0 Å². The Bertz CT molecular complexity index is 395. The maximum absolute atomic E-state index is 11.8. The Morgan fingerprint density at radius 3 is 3.28 bits per heavy atom. The molecule has 2 aliphatic rings. The zero-order valence-electron chi connectivity index (χ0n) is 10.2. The number of carbonyl (C=O) groups is 1. The van der Waals surface area contributed by atoms with Crippen molar-refractivity contribution in [1.29, 1.82) is 0 Å². The first-order valence-corrected chi connectivity index (χ1v) is 7.34. The second-order valence-corrected chi connectivity index (χ2v) is 6.04. The Morgan fingerprint density at radius 2 is 2.50 bits per heavy atom. The molecule has 1 aromatic rings. The molecule has 1 amide bonds. The number of nitrogens with one attached hydrogen (secondary N) is 2. The smallest absolute Gasteiger partial charge is 0.222 e. The van der Waals surface area contributed by atoms with Crippen molar-refractivity contribution >= 4 is 17.2 Å². The first-order chi connectivity index (χ1) is 8.81. The van der Waals surface area contributed by atoms with Gasteiger partial charge in [0.15, 0.2) is 0 Å². The predicted octanol–water partition coefficient (Wildman–Crippen LogP) is 1.13. The molecule has 0 spiro atoms. The molecule has 2 aliphatic heterocycles. The highest BCUT2D eigenvalue weighted by Gasteiger charge is 2.38. The van der Waals surface area contributed by atoms with Crippen LogP contribution in [-0.4, -0.2) is 31.2 Å². The van der Waals surface area contributed by atoms with Crippen LogP contribution in [0.4, 0.5) is 0 Å². The molecule has 0 unspecified atom stereocenters. The number of carbonyl (C=O) groups excluding carboxylic acids is 1. The van der Waals surface area contributed by atoms with Crippen LogP contribution in [0.25, 0.3) is 0 Å². The Balaban J connectivity index is 1.42. The fourth-order valence-electron chi connectivity index (χ4n) is 2.75. The summed E-state index contributed by atoms with van der Waals surface area (Å²) in [7, 11) is 0. The minimum absolute atomic E-state index is 0.0985. The molecule has 2 fully saturated rings. The summed E-state index contributed by atoms with van der Waals surface area (Å²) < 4.78 is 5.87. The number of hydrogen-bond acceptors (Lipinski definition) is 4. The number of fused-ring (bicyclic) bond motifs is 1. The molecule has 4 nitrogen and oxygen atoms in total. The molecular formula is C13H18N2O2S. The molecule has 3 atom stereocenters. The van der Waals surface area contributed by atoms with E-state index in [-0.39, 0.29) is 12.0 Å². The number of thiophene rings is 1. The van der Waals surface area contributed by atoms with E-state index in [9.17, 15) is 4.79 Å². The Hall–Kier alpha value is -0.910. The molecule has 0 saturated carbocycles. The molecule has 3 rings (SSSR count). The summed E-state index contributed by atoms with van der Waals surface area (Å²) in [6, 6.07) is 4.04. The number of amides is 1. The van der Waals surface area contributed by atoms with E-state index in [1.807, 2.05) is 17.5 Å². The SMILES string of the molecule is O=C(C[C@H]1C[C@@H]2CNC[C@@H]2O1)NCc1cccs1. The first-order valence-electron chi connectivity index (χ1n) is 6.46.